The van der Waals surface area contributed by atoms with E-state index in [0.717, 1.165) is 10.2 Å². The number of aromatic nitrogens is 1. The Hall–Kier alpha value is -2.33. The van der Waals surface area contributed by atoms with Gasteiger partial charge in [0, 0.05) is 42.6 Å². The molecule has 0 bridgehead atoms. The maximum Gasteiger partial charge on any atom is 0.194 e. The third-order valence-electron chi connectivity index (χ3n) is 3.74. The predicted octanol–water partition coefficient (Wildman–Crippen LogP) is 3.40. The zero-order valence-electron chi connectivity index (χ0n) is 14.6. The fourth-order valence-electron chi connectivity index (χ4n) is 2.44. The van der Waals surface area contributed by atoms with Gasteiger partial charge in [-0.05, 0) is 47.1 Å². The van der Waals surface area contributed by atoms with Gasteiger partial charge in [0.2, 0.25) is 0 Å². The maximum atomic E-state index is 13.9. The van der Waals surface area contributed by atoms with Gasteiger partial charge in [-0.25, -0.2) is 9.38 Å². The average Bonchev–Trinajstić information content (AvgIpc) is 2.90. The van der Waals surface area contributed by atoms with Crippen molar-refractivity contribution in [3.05, 3.63) is 57.6 Å². The molecule has 0 aliphatic rings. The first-order valence-corrected chi connectivity index (χ1v) is 8.72. The summed E-state index contributed by atoms with van der Waals surface area (Å²) in [7, 11) is 3.92. The maximum absolute atomic E-state index is 13.9. The second-order valence-corrected chi connectivity index (χ2v) is 6.62. The third-order valence-corrected chi connectivity index (χ3v) is 4.18. The summed E-state index contributed by atoms with van der Waals surface area (Å²) in [6, 6.07) is 8.39. The van der Waals surface area contributed by atoms with Gasteiger partial charge in [0.05, 0.1) is 24.7 Å². The van der Waals surface area contributed by atoms with Crippen LogP contribution < -0.4 is 5.32 Å². The number of aryl methyl sites for hydroxylation is 1. The molecule has 0 saturated heterocycles. The molecule has 5 nitrogen and oxygen atoms in total. The summed E-state index contributed by atoms with van der Waals surface area (Å²) in [6.45, 7) is 3.53. The highest BCUT2D eigenvalue weighted by atomic mass is 79.9. The number of nitriles is 1. The van der Waals surface area contributed by atoms with Crippen LogP contribution in [-0.2, 0) is 20.1 Å². The molecule has 0 unspecified atom stereocenters. The Balaban J connectivity index is 2.17. The van der Waals surface area contributed by atoms with Crippen molar-refractivity contribution in [3.8, 4) is 6.07 Å². The quantitative estimate of drug-likeness (QED) is 0.612. The molecule has 2 aromatic rings. The molecule has 1 heterocycles. The first-order chi connectivity index (χ1) is 11.9. The van der Waals surface area contributed by atoms with Gasteiger partial charge in [-0.15, -0.1) is 0 Å². The molecule has 0 atom stereocenters. The van der Waals surface area contributed by atoms with E-state index < -0.39 is 0 Å². The van der Waals surface area contributed by atoms with Crippen molar-refractivity contribution >= 4 is 21.9 Å². The van der Waals surface area contributed by atoms with Gasteiger partial charge in [0.1, 0.15) is 5.82 Å². The van der Waals surface area contributed by atoms with Gasteiger partial charge in [-0.3, -0.25) is 0 Å². The molecule has 7 heteroatoms. The van der Waals surface area contributed by atoms with Crippen molar-refractivity contribution in [3.63, 3.8) is 0 Å². The number of nitrogens with one attached hydrogen (secondary N) is 1. The summed E-state index contributed by atoms with van der Waals surface area (Å²) in [4.78, 5) is 6.50. The zero-order chi connectivity index (χ0) is 18.4. The van der Waals surface area contributed by atoms with Crippen LogP contribution in [0.15, 0.2) is 39.9 Å². The minimum atomic E-state index is -0.354. The Labute approximate surface area is 155 Å². The summed E-state index contributed by atoms with van der Waals surface area (Å²) < 4.78 is 17.0. The lowest BCUT2D eigenvalue weighted by atomic mass is 10.1. The standard InChI is InChI=1S/C18H21BrFN5/c1-4-22-18(25(3)12-16-8-15(19)11-24(16)2)23-10-14-7-13(9-21)5-6-17(14)20/h5-8,11H,4,10,12H2,1-3H3,(H,22,23). The van der Waals surface area contributed by atoms with E-state index in [4.69, 9.17) is 5.26 Å². The largest absolute Gasteiger partial charge is 0.357 e. The summed E-state index contributed by atoms with van der Waals surface area (Å²) >= 11 is 3.47. The Bertz CT molecular complexity index is 806. The number of benzene rings is 1. The van der Waals surface area contributed by atoms with Crippen LogP contribution in [0.1, 0.15) is 23.7 Å². The van der Waals surface area contributed by atoms with Crippen molar-refractivity contribution in [2.75, 3.05) is 13.6 Å². The fourth-order valence-corrected chi connectivity index (χ4v) is 3.01. The van der Waals surface area contributed by atoms with E-state index >= 15 is 0 Å². The van der Waals surface area contributed by atoms with Crippen molar-refractivity contribution in [2.45, 2.75) is 20.0 Å². The minimum Gasteiger partial charge on any atom is -0.357 e. The lowest BCUT2D eigenvalue weighted by Gasteiger charge is -2.22. The van der Waals surface area contributed by atoms with Crippen LogP contribution in [-0.4, -0.2) is 29.0 Å². The van der Waals surface area contributed by atoms with E-state index in [1.807, 2.05) is 42.8 Å². The van der Waals surface area contributed by atoms with Crippen LogP contribution in [0.2, 0.25) is 0 Å². The van der Waals surface area contributed by atoms with Gasteiger partial charge in [0.15, 0.2) is 5.96 Å². The number of halogens is 2. The van der Waals surface area contributed by atoms with Crippen LogP contribution in [0.4, 0.5) is 4.39 Å². The highest BCUT2D eigenvalue weighted by Gasteiger charge is 2.10. The topological polar surface area (TPSA) is 56.4 Å². The Morgan fingerprint density at radius 2 is 2.20 bits per heavy atom. The molecule has 2 rings (SSSR count). The molecule has 132 valence electrons. The summed E-state index contributed by atoms with van der Waals surface area (Å²) in [5.41, 5.74) is 1.96. The van der Waals surface area contributed by atoms with Crippen molar-refractivity contribution in [1.29, 1.82) is 5.26 Å². The number of rotatable bonds is 5. The lowest BCUT2D eigenvalue weighted by Crippen LogP contribution is -2.38. The van der Waals surface area contributed by atoms with Gasteiger partial charge in [-0.1, -0.05) is 0 Å². The van der Waals surface area contributed by atoms with Crippen LogP contribution in [0.25, 0.3) is 0 Å². The SMILES string of the molecule is CCNC(=NCc1cc(C#N)ccc1F)N(C)Cc1cc(Br)cn1C. The van der Waals surface area contributed by atoms with E-state index in [1.165, 1.54) is 18.2 Å². The molecule has 0 aliphatic heterocycles. The Morgan fingerprint density at radius 3 is 2.80 bits per heavy atom. The number of nitrogens with zero attached hydrogens (tertiary/aromatic N) is 4. The molecule has 1 aromatic carbocycles. The molecule has 0 radical (unpaired) electrons. The number of guanidine groups is 1. The van der Waals surface area contributed by atoms with Crippen LogP contribution in [0.5, 0.6) is 0 Å². The first-order valence-electron chi connectivity index (χ1n) is 7.93. The predicted molar refractivity (Wildman–Crippen MR) is 101 cm³/mol. The van der Waals surface area contributed by atoms with E-state index in [-0.39, 0.29) is 12.4 Å². The van der Waals surface area contributed by atoms with Gasteiger partial charge >= 0.3 is 0 Å². The van der Waals surface area contributed by atoms with E-state index in [0.29, 0.717) is 30.2 Å². The minimum absolute atomic E-state index is 0.171. The monoisotopic (exact) mass is 405 g/mol. The lowest BCUT2D eigenvalue weighted by molar-refractivity contribution is 0.461. The highest BCUT2D eigenvalue weighted by Crippen LogP contribution is 2.15. The summed E-state index contributed by atoms with van der Waals surface area (Å²) in [5.74, 6) is 0.328. The van der Waals surface area contributed by atoms with Crippen molar-refractivity contribution < 1.29 is 4.39 Å². The smallest absolute Gasteiger partial charge is 0.194 e. The number of aliphatic imine (C=N–C) groups is 1. The molecule has 0 spiro atoms. The van der Waals surface area contributed by atoms with Gasteiger partial charge < -0.3 is 14.8 Å². The second kappa shape index (κ2) is 8.67. The van der Waals surface area contributed by atoms with Crippen LogP contribution in [0.3, 0.4) is 0 Å². The summed E-state index contributed by atoms with van der Waals surface area (Å²) in [5, 5.41) is 12.2. The molecular formula is C18H21BrFN5. The van der Waals surface area contributed by atoms with Crippen molar-refractivity contribution in [1.82, 2.24) is 14.8 Å². The molecule has 1 aromatic heterocycles. The molecule has 25 heavy (non-hydrogen) atoms. The molecular weight excluding hydrogens is 385 g/mol. The van der Waals surface area contributed by atoms with E-state index in [2.05, 4.69) is 32.3 Å². The van der Waals surface area contributed by atoms with E-state index in [1.54, 1.807) is 0 Å². The molecule has 0 fully saturated rings. The Kier molecular flexibility index (Phi) is 6.59. The second-order valence-electron chi connectivity index (χ2n) is 5.70. The average molecular weight is 406 g/mol. The fraction of sp³-hybridized carbons (Fsp3) is 0.333. The molecule has 0 amide bonds. The normalized spacial score (nSPS) is 11.3. The van der Waals surface area contributed by atoms with E-state index in [9.17, 15) is 4.39 Å². The zero-order valence-corrected chi connectivity index (χ0v) is 16.1. The van der Waals surface area contributed by atoms with Crippen molar-refractivity contribution in [2.24, 2.45) is 12.0 Å². The molecule has 0 aliphatic carbocycles. The highest BCUT2D eigenvalue weighted by molar-refractivity contribution is 9.10. The Morgan fingerprint density at radius 1 is 1.44 bits per heavy atom. The summed E-state index contributed by atoms with van der Waals surface area (Å²) in [6.07, 6.45) is 2.00. The third kappa shape index (κ3) is 5.07. The van der Waals surface area contributed by atoms with Gasteiger partial charge in [0.25, 0.3) is 0 Å². The number of hydrogen-bond acceptors (Lipinski definition) is 2. The van der Waals surface area contributed by atoms with Gasteiger partial charge in [-0.2, -0.15) is 5.26 Å². The molecule has 0 saturated carbocycles. The number of hydrogen-bond donors (Lipinski definition) is 1. The first kappa shape index (κ1) is 19.0. The van der Waals surface area contributed by atoms with Crippen LogP contribution >= 0.6 is 15.9 Å². The molecule has 1 N–H and O–H groups in total. The van der Waals surface area contributed by atoms with Crippen LogP contribution in [0, 0.1) is 17.1 Å².